The van der Waals surface area contributed by atoms with E-state index in [1.807, 2.05) is 17.5 Å². The molecule has 1 fully saturated rings. The maximum atomic E-state index is 12.1. The average molecular weight is 285 g/mol. The van der Waals surface area contributed by atoms with Crippen LogP contribution in [0.15, 0.2) is 17.5 Å². The van der Waals surface area contributed by atoms with Gasteiger partial charge in [0, 0.05) is 10.6 Å². The molecule has 4 nitrogen and oxygen atoms in total. The van der Waals surface area contributed by atoms with Gasteiger partial charge in [0.1, 0.15) is 5.54 Å². The Hall–Kier alpha value is -1.01. The molecule has 2 atom stereocenters. The van der Waals surface area contributed by atoms with Gasteiger partial charge in [-0.15, -0.1) is 11.3 Å². The van der Waals surface area contributed by atoms with Crippen LogP contribution in [0.25, 0.3) is 0 Å². The van der Waals surface area contributed by atoms with Crippen molar-refractivity contribution in [2.24, 2.45) is 0 Å². The van der Waals surface area contributed by atoms with Gasteiger partial charge in [0.25, 0.3) is 0 Å². The average Bonchev–Trinajstić information content (AvgIpc) is 2.99. The fourth-order valence-corrected chi connectivity index (χ4v) is 4.00. The van der Waals surface area contributed by atoms with Crippen LogP contribution in [-0.2, 0) is 9.59 Å². The van der Waals surface area contributed by atoms with Crippen molar-refractivity contribution in [3.63, 3.8) is 0 Å². The van der Waals surface area contributed by atoms with Gasteiger partial charge >= 0.3 is 5.97 Å². The van der Waals surface area contributed by atoms with Crippen molar-refractivity contribution in [3.05, 3.63) is 22.4 Å². The normalized spacial score (nSPS) is 24.7. The van der Waals surface area contributed by atoms with Crippen LogP contribution in [0.1, 0.15) is 24.1 Å². The first-order valence-corrected chi connectivity index (χ1v) is 7.75. The van der Waals surface area contributed by atoms with Gasteiger partial charge in [-0.25, -0.2) is 4.79 Å². The van der Waals surface area contributed by atoms with E-state index in [-0.39, 0.29) is 11.8 Å². The second kappa shape index (κ2) is 5.32. The molecule has 1 aliphatic heterocycles. The number of carboxylic acids is 1. The lowest BCUT2D eigenvalue weighted by atomic mass is 9.97. The molecule has 18 heavy (non-hydrogen) atoms. The van der Waals surface area contributed by atoms with Crippen molar-refractivity contribution < 1.29 is 14.7 Å². The van der Waals surface area contributed by atoms with Crippen molar-refractivity contribution in [3.8, 4) is 0 Å². The van der Waals surface area contributed by atoms with Crippen LogP contribution in [0.3, 0.4) is 0 Å². The van der Waals surface area contributed by atoms with Gasteiger partial charge in [0.05, 0.1) is 5.92 Å². The van der Waals surface area contributed by atoms with Gasteiger partial charge in [-0.2, -0.15) is 11.8 Å². The Kier molecular flexibility index (Phi) is 3.97. The maximum absolute atomic E-state index is 12.1. The highest BCUT2D eigenvalue weighted by Crippen LogP contribution is 2.30. The van der Waals surface area contributed by atoms with Crippen LogP contribution in [0, 0.1) is 0 Å². The predicted octanol–water partition coefficient (Wildman–Crippen LogP) is 1.93. The van der Waals surface area contributed by atoms with Crippen molar-refractivity contribution in [1.82, 2.24) is 5.32 Å². The van der Waals surface area contributed by atoms with Crippen molar-refractivity contribution in [1.29, 1.82) is 0 Å². The van der Waals surface area contributed by atoms with Crippen LogP contribution in [0.5, 0.6) is 0 Å². The summed E-state index contributed by atoms with van der Waals surface area (Å²) in [5, 5.41) is 13.9. The van der Waals surface area contributed by atoms with E-state index in [1.165, 1.54) is 11.3 Å². The number of hydrogen-bond donors (Lipinski definition) is 2. The minimum absolute atomic E-state index is 0.206. The third-order valence-electron chi connectivity index (χ3n) is 3.16. The van der Waals surface area contributed by atoms with E-state index in [9.17, 15) is 14.7 Å². The zero-order chi connectivity index (χ0) is 13.2. The number of thiophene rings is 1. The molecule has 0 spiro atoms. The monoisotopic (exact) mass is 285 g/mol. The van der Waals surface area contributed by atoms with E-state index < -0.39 is 11.5 Å². The smallest absolute Gasteiger partial charge is 0.330 e. The molecule has 1 aromatic heterocycles. The first-order valence-electron chi connectivity index (χ1n) is 5.72. The largest absolute Gasteiger partial charge is 0.479 e. The fraction of sp³-hybridized carbons (Fsp3) is 0.500. The Morgan fingerprint density at radius 2 is 2.33 bits per heavy atom. The molecule has 0 saturated carbocycles. The van der Waals surface area contributed by atoms with Crippen molar-refractivity contribution in [2.45, 2.75) is 24.8 Å². The van der Waals surface area contributed by atoms with Gasteiger partial charge < -0.3 is 10.4 Å². The summed E-state index contributed by atoms with van der Waals surface area (Å²) in [6.07, 6.45) is 0.496. The summed E-state index contributed by atoms with van der Waals surface area (Å²) >= 11 is 3.08. The number of thioether (sulfide) groups is 1. The van der Waals surface area contributed by atoms with Crippen LogP contribution >= 0.6 is 23.1 Å². The highest BCUT2D eigenvalue weighted by Gasteiger charge is 2.43. The van der Waals surface area contributed by atoms with Crippen LogP contribution in [0.2, 0.25) is 0 Å². The first kappa shape index (κ1) is 13.4. The standard InChI is InChI=1S/C12H15NO3S2/c1-8(9-3-2-5-18-9)10(14)13-12(11(15)16)4-6-17-7-12/h2-3,5,8H,4,6-7H2,1H3,(H,13,14)(H,15,16). The Bertz CT molecular complexity index is 438. The van der Waals surface area contributed by atoms with E-state index in [4.69, 9.17) is 0 Å². The zero-order valence-electron chi connectivity index (χ0n) is 10.0. The topological polar surface area (TPSA) is 66.4 Å². The second-order valence-electron chi connectivity index (χ2n) is 4.42. The summed E-state index contributed by atoms with van der Waals surface area (Å²) < 4.78 is 0. The summed E-state index contributed by atoms with van der Waals surface area (Å²) in [6.45, 7) is 1.80. The quantitative estimate of drug-likeness (QED) is 0.887. The third-order valence-corrected chi connectivity index (χ3v) is 5.40. The maximum Gasteiger partial charge on any atom is 0.330 e. The van der Waals surface area contributed by atoms with Gasteiger partial charge in [0.2, 0.25) is 5.91 Å². The number of nitrogens with one attached hydrogen (secondary N) is 1. The molecule has 0 bridgehead atoms. The number of hydrogen-bond acceptors (Lipinski definition) is 4. The molecular weight excluding hydrogens is 270 g/mol. The number of carbonyl (C=O) groups is 2. The molecule has 0 radical (unpaired) electrons. The number of rotatable bonds is 4. The van der Waals surface area contributed by atoms with Crippen LogP contribution < -0.4 is 5.32 Å². The van der Waals surface area contributed by atoms with Crippen molar-refractivity contribution in [2.75, 3.05) is 11.5 Å². The lowest BCUT2D eigenvalue weighted by Crippen LogP contribution is -2.55. The molecule has 1 aromatic rings. The summed E-state index contributed by atoms with van der Waals surface area (Å²) in [5.74, 6) is -0.209. The third kappa shape index (κ3) is 2.54. The molecular formula is C12H15NO3S2. The van der Waals surface area contributed by atoms with Crippen molar-refractivity contribution >= 4 is 35.0 Å². The molecule has 1 saturated heterocycles. The summed E-state index contributed by atoms with van der Waals surface area (Å²) in [5.41, 5.74) is -1.08. The fourth-order valence-electron chi connectivity index (χ4n) is 1.90. The Labute approximate surface area is 114 Å². The van der Waals surface area contributed by atoms with Crippen LogP contribution in [-0.4, -0.2) is 34.0 Å². The lowest BCUT2D eigenvalue weighted by molar-refractivity contribution is -0.146. The highest BCUT2D eigenvalue weighted by atomic mass is 32.2. The molecule has 98 valence electrons. The molecule has 1 amide bonds. The minimum Gasteiger partial charge on any atom is -0.479 e. The van der Waals surface area contributed by atoms with Gasteiger partial charge in [0.15, 0.2) is 0 Å². The molecule has 2 heterocycles. The molecule has 0 aliphatic carbocycles. The predicted molar refractivity (Wildman–Crippen MR) is 73.2 cm³/mol. The van der Waals surface area contributed by atoms with E-state index in [2.05, 4.69) is 5.32 Å². The molecule has 1 aliphatic rings. The number of carbonyl (C=O) groups excluding carboxylic acids is 1. The van der Waals surface area contributed by atoms with Crippen LogP contribution in [0.4, 0.5) is 0 Å². The summed E-state index contributed by atoms with van der Waals surface area (Å²) in [4.78, 5) is 24.4. The Morgan fingerprint density at radius 3 is 2.83 bits per heavy atom. The lowest BCUT2D eigenvalue weighted by Gasteiger charge is -2.26. The second-order valence-corrected chi connectivity index (χ2v) is 6.50. The first-order chi connectivity index (χ1) is 8.55. The molecule has 2 N–H and O–H groups in total. The molecule has 0 aromatic carbocycles. The van der Waals surface area contributed by atoms with E-state index in [0.717, 1.165) is 10.6 Å². The highest BCUT2D eigenvalue weighted by molar-refractivity contribution is 7.99. The molecule has 2 unspecified atom stereocenters. The number of carboxylic acid groups (broad SMARTS) is 1. The zero-order valence-corrected chi connectivity index (χ0v) is 11.6. The van der Waals surface area contributed by atoms with E-state index in [1.54, 1.807) is 18.7 Å². The molecule has 2 rings (SSSR count). The summed E-state index contributed by atoms with van der Waals surface area (Å²) in [7, 11) is 0. The molecule has 6 heteroatoms. The number of amides is 1. The van der Waals surface area contributed by atoms with E-state index >= 15 is 0 Å². The Morgan fingerprint density at radius 1 is 1.56 bits per heavy atom. The van der Waals surface area contributed by atoms with Gasteiger partial charge in [-0.3, -0.25) is 4.79 Å². The number of aliphatic carboxylic acids is 1. The SMILES string of the molecule is CC(C(=O)NC1(C(=O)O)CCSC1)c1cccs1. The van der Waals surface area contributed by atoms with Gasteiger partial charge in [-0.1, -0.05) is 6.07 Å². The van der Waals surface area contributed by atoms with Gasteiger partial charge in [-0.05, 0) is 30.5 Å². The Balaban J connectivity index is 2.08. The summed E-state index contributed by atoms with van der Waals surface area (Å²) in [6, 6.07) is 3.79. The van der Waals surface area contributed by atoms with E-state index in [0.29, 0.717) is 12.2 Å². The minimum atomic E-state index is -1.08.